The van der Waals surface area contributed by atoms with Gasteiger partial charge in [-0.05, 0) is 56.2 Å². The standard InChI is InChI=1S/C24H27ClN2O4/c1-4-30-21-12-10-17(16-22(21)31-5-2)11-13-23(28)26(3)20-14-15-27(24(20)29)19-9-7-6-8-18(19)25/h6-13,16,20H,4-5,14-15H2,1-3H3/b13-11+. The average Bonchev–Trinajstić information content (AvgIpc) is 3.14. The highest BCUT2D eigenvalue weighted by atomic mass is 35.5. The highest BCUT2D eigenvalue weighted by Crippen LogP contribution is 2.31. The quantitative estimate of drug-likeness (QED) is 0.568. The average molecular weight is 443 g/mol. The fourth-order valence-electron chi connectivity index (χ4n) is 3.54. The van der Waals surface area contributed by atoms with E-state index in [-0.39, 0.29) is 11.8 Å². The van der Waals surface area contributed by atoms with E-state index in [0.717, 1.165) is 5.56 Å². The molecule has 0 radical (unpaired) electrons. The third-order valence-electron chi connectivity index (χ3n) is 5.12. The Morgan fingerprint density at radius 2 is 1.87 bits per heavy atom. The minimum absolute atomic E-state index is 0.128. The van der Waals surface area contributed by atoms with Crippen LogP contribution >= 0.6 is 11.6 Å². The van der Waals surface area contributed by atoms with Crippen molar-refractivity contribution in [1.82, 2.24) is 4.90 Å². The molecule has 3 rings (SSSR count). The van der Waals surface area contributed by atoms with Gasteiger partial charge in [-0.15, -0.1) is 0 Å². The van der Waals surface area contributed by atoms with E-state index in [1.165, 1.54) is 11.0 Å². The summed E-state index contributed by atoms with van der Waals surface area (Å²) in [6.45, 7) is 5.39. The highest BCUT2D eigenvalue weighted by molar-refractivity contribution is 6.34. The fraction of sp³-hybridized carbons (Fsp3) is 0.333. The lowest BCUT2D eigenvalue weighted by Crippen LogP contribution is -2.42. The van der Waals surface area contributed by atoms with E-state index in [1.807, 2.05) is 50.2 Å². The molecule has 2 aromatic rings. The molecule has 1 aliphatic heterocycles. The summed E-state index contributed by atoms with van der Waals surface area (Å²) in [7, 11) is 1.65. The maximum absolute atomic E-state index is 12.9. The lowest BCUT2D eigenvalue weighted by atomic mass is 10.1. The minimum Gasteiger partial charge on any atom is -0.490 e. The predicted octanol–water partition coefficient (Wildman–Crippen LogP) is 4.41. The molecule has 0 bridgehead atoms. The molecule has 0 aromatic heterocycles. The summed E-state index contributed by atoms with van der Waals surface area (Å²) < 4.78 is 11.2. The Labute approximate surface area is 188 Å². The molecule has 1 atom stereocenters. The van der Waals surface area contributed by atoms with Crippen LogP contribution in [0.2, 0.25) is 5.02 Å². The van der Waals surface area contributed by atoms with Crippen molar-refractivity contribution in [2.75, 3.05) is 31.7 Å². The van der Waals surface area contributed by atoms with Gasteiger partial charge in [0, 0.05) is 19.7 Å². The van der Waals surface area contributed by atoms with E-state index in [9.17, 15) is 9.59 Å². The summed E-state index contributed by atoms with van der Waals surface area (Å²) in [4.78, 5) is 28.8. The summed E-state index contributed by atoms with van der Waals surface area (Å²) in [5.74, 6) is 0.929. The highest BCUT2D eigenvalue weighted by Gasteiger charge is 2.37. The summed E-state index contributed by atoms with van der Waals surface area (Å²) in [6, 6.07) is 12.2. The Kier molecular flexibility index (Phi) is 7.58. The molecule has 1 aliphatic rings. The van der Waals surface area contributed by atoms with Crippen LogP contribution in [-0.4, -0.2) is 49.6 Å². The van der Waals surface area contributed by atoms with E-state index in [2.05, 4.69) is 0 Å². The second kappa shape index (κ2) is 10.4. The first-order chi connectivity index (χ1) is 15.0. The predicted molar refractivity (Wildman–Crippen MR) is 123 cm³/mol. The number of para-hydroxylation sites is 1. The smallest absolute Gasteiger partial charge is 0.249 e. The molecule has 164 valence electrons. The van der Waals surface area contributed by atoms with Gasteiger partial charge in [0.1, 0.15) is 6.04 Å². The number of carbonyl (C=O) groups excluding carboxylic acids is 2. The fourth-order valence-corrected chi connectivity index (χ4v) is 3.78. The molecule has 2 aromatic carbocycles. The minimum atomic E-state index is -0.521. The molecule has 2 amide bonds. The molecule has 1 heterocycles. The van der Waals surface area contributed by atoms with Crippen LogP contribution < -0.4 is 14.4 Å². The number of amides is 2. The summed E-state index contributed by atoms with van der Waals surface area (Å²) in [5, 5.41) is 0.519. The van der Waals surface area contributed by atoms with Gasteiger partial charge in [0.2, 0.25) is 11.8 Å². The van der Waals surface area contributed by atoms with Crippen molar-refractivity contribution >= 4 is 35.2 Å². The number of carbonyl (C=O) groups is 2. The topological polar surface area (TPSA) is 59.1 Å². The SMILES string of the molecule is CCOc1ccc(/C=C/C(=O)N(C)C2CCN(c3ccccc3Cl)C2=O)cc1OCC. The number of halogens is 1. The molecule has 31 heavy (non-hydrogen) atoms. The van der Waals surface area contributed by atoms with Crippen molar-refractivity contribution in [1.29, 1.82) is 0 Å². The molecule has 1 saturated heterocycles. The van der Waals surface area contributed by atoms with E-state index in [1.54, 1.807) is 24.1 Å². The van der Waals surface area contributed by atoms with Gasteiger partial charge >= 0.3 is 0 Å². The molecule has 0 spiro atoms. The molecule has 1 unspecified atom stereocenters. The van der Waals surface area contributed by atoms with Gasteiger partial charge in [0.25, 0.3) is 0 Å². The van der Waals surface area contributed by atoms with Crippen molar-refractivity contribution in [3.05, 3.63) is 59.1 Å². The molecule has 7 heteroatoms. The third kappa shape index (κ3) is 5.20. The molecular weight excluding hydrogens is 416 g/mol. The van der Waals surface area contributed by atoms with Crippen LogP contribution in [0.3, 0.4) is 0 Å². The lowest BCUT2D eigenvalue weighted by molar-refractivity contribution is -0.132. The van der Waals surface area contributed by atoms with Crippen LogP contribution in [0.15, 0.2) is 48.5 Å². The van der Waals surface area contributed by atoms with Crippen molar-refractivity contribution in [3.63, 3.8) is 0 Å². The second-order valence-corrected chi connectivity index (χ2v) is 7.51. The second-order valence-electron chi connectivity index (χ2n) is 7.10. The number of anilines is 1. The normalized spacial score (nSPS) is 16.1. The number of hydrogen-bond acceptors (Lipinski definition) is 4. The Bertz CT molecular complexity index is 976. The molecule has 0 aliphatic carbocycles. The van der Waals surface area contributed by atoms with Crippen LogP contribution in [0.25, 0.3) is 6.08 Å². The molecule has 0 saturated carbocycles. The van der Waals surface area contributed by atoms with Crippen molar-refractivity contribution < 1.29 is 19.1 Å². The van der Waals surface area contributed by atoms with E-state index in [0.29, 0.717) is 48.4 Å². The van der Waals surface area contributed by atoms with Gasteiger partial charge in [0.15, 0.2) is 11.5 Å². The first-order valence-electron chi connectivity index (χ1n) is 10.4. The summed E-state index contributed by atoms with van der Waals surface area (Å²) in [6.07, 6.45) is 3.73. The van der Waals surface area contributed by atoms with E-state index in [4.69, 9.17) is 21.1 Å². The van der Waals surface area contributed by atoms with Gasteiger partial charge < -0.3 is 19.3 Å². The zero-order chi connectivity index (χ0) is 22.4. The number of hydrogen-bond donors (Lipinski definition) is 0. The Hall–Kier alpha value is -2.99. The Balaban J connectivity index is 1.69. The molecular formula is C24H27ClN2O4. The third-order valence-corrected chi connectivity index (χ3v) is 5.44. The van der Waals surface area contributed by atoms with Crippen molar-refractivity contribution in [2.45, 2.75) is 26.3 Å². The summed E-state index contributed by atoms with van der Waals surface area (Å²) >= 11 is 6.24. The van der Waals surface area contributed by atoms with Crippen LogP contribution in [0, 0.1) is 0 Å². The van der Waals surface area contributed by atoms with Crippen LogP contribution in [-0.2, 0) is 9.59 Å². The van der Waals surface area contributed by atoms with Crippen LogP contribution in [0.1, 0.15) is 25.8 Å². The van der Waals surface area contributed by atoms with Gasteiger partial charge in [-0.25, -0.2) is 0 Å². The monoisotopic (exact) mass is 442 g/mol. The van der Waals surface area contributed by atoms with Crippen molar-refractivity contribution in [3.8, 4) is 11.5 Å². The maximum atomic E-state index is 12.9. The number of likely N-dealkylation sites (N-methyl/N-ethyl adjacent to an activating group) is 1. The van der Waals surface area contributed by atoms with Gasteiger partial charge in [-0.2, -0.15) is 0 Å². The van der Waals surface area contributed by atoms with Gasteiger partial charge in [0.05, 0.1) is 23.9 Å². The zero-order valence-corrected chi connectivity index (χ0v) is 18.8. The van der Waals surface area contributed by atoms with Gasteiger partial charge in [-0.3, -0.25) is 9.59 Å². The van der Waals surface area contributed by atoms with E-state index >= 15 is 0 Å². The van der Waals surface area contributed by atoms with Crippen molar-refractivity contribution in [2.24, 2.45) is 0 Å². The van der Waals surface area contributed by atoms with Crippen LogP contribution in [0.5, 0.6) is 11.5 Å². The number of nitrogens with zero attached hydrogens (tertiary/aromatic N) is 2. The molecule has 6 nitrogen and oxygen atoms in total. The lowest BCUT2D eigenvalue weighted by Gasteiger charge is -2.23. The zero-order valence-electron chi connectivity index (χ0n) is 18.0. The van der Waals surface area contributed by atoms with Crippen LogP contribution in [0.4, 0.5) is 5.69 Å². The Morgan fingerprint density at radius 3 is 2.58 bits per heavy atom. The largest absolute Gasteiger partial charge is 0.490 e. The molecule has 0 N–H and O–H groups in total. The summed E-state index contributed by atoms with van der Waals surface area (Å²) in [5.41, 5.74) is 1.48. The molecule has 1 fully saturated rings. The van der Waals surface area contributed by atoms with E-state index < -0.39 is 6.04 Å². The Morgan fingerprint density at radius 1 is 1.16 bits per heavy atom. The van der Waals surface area contributed by atoms with Gasteiger partial charge in [-0.1, -0.05) is 29.8 Å². The first kappa shape index (κ1) is 22.7. The number of benzene rings is 2. The maximum Gasteiger partial charge on any atom is 0.249 e. The number of ether oxygens (including phenoxy) is 2. The first-order valence-corrected chi connectivity index (χ1v) is 10.7. The number of rotatable bonds is 8.